The molecule has 0 saturated heterocycles. The van der Waals surface area contributed by atoms with Crippen LogP contribution in [0.15, 0.2) is 91.3 Å². The average molecular weight is 416 g/mol. The molecule has 0 radical (unpaired) electrons. The Bertz CT molecular complexity index is 1170. The number of aromatic nitrogens is 2. The zero-order valence-electron chi connectivity index (χ0n) is 17.8. The highest BCUT2D eigenvalue weighted by Crippen LogP contribution is 2.29. The van der Waals surface area contributed by atoms with E-state index in [4.69, 9.17) is 4.74 Å². The second-order valence-corrected chi connectivity index (χ2v) is 7.59. The fraction of sp³-hybridized carbons (Fsp3) is 0.192. The normalized spacial score (nSPS) is 13.0. The molecule has 2 atom stereocenters. The Morgan fingerprint density at radius 3 is 2.55 bits per heavy atom. The van der Waals surface area contributed by atoms with Gasteiger partial charge in [-0.05, 0) is 61.4 Å². The van der Waals surface area contributed by atoms with Crippen LogP contribution in [-0.2, 0) is 0 Å². The van der Waals surface area contributed by atoms with Crippen LogP contribution < -0.4 is 10.1 Å². The maximum absolute atomic E-state index is 13.3. The highest BCUT2D eigenvalue weighted by atomic mass is 19.1. The smallest absolute Gasteiger partial charge is 0.143 e. The molecule has 158 valence electrons. The van der Waals surface area contributed by atoms with Gasteiger partial charge in [0.15, 0.2) is 0 Å². The minimum absolute atomic E-state index is 0.0347. The van der Waals surface area contributed by atoms with Crippen molar-refractivity contribution in [3.63, 3.8) is 0 Å². The van der Waals surface area contributed by atoms with Gasteiger partial charge in [0.2, 0.25) is 0 Å². The van der Waals surface area contributed by atoms with Gasteiger partial charge in [-0.15, -0.1) is 0 Å². The van der Waals surface area contributed by atoms with Crippen molar-refractivity contribution in [2.24, 2.45) is 0 Å². The third-order valence-corrected chi connectivity index (χ3v) is 5.31. The van der Waals surface area contributed by atoms with Gasteiger partial charge in [-0.3, -0.25) is 0 Å². The molecule has 0 unspecified atom stereocenters. The lowest BCUT2D eigenvalue weighted by atomic mass is 10.0. The molecule has 4 aromatic rings. The van der Waals surface area contributed by atoms with E-state index in [1.54, 1.807) is 23.0 Å². The van der Waals surface area contributed by atoms with Crippen LogP contribution in [-0.4, -0.2) is 15.8 Å². The van der Waals surface area contributed by atoms with Crippen LogP contribution in [0.25, 0.3) is 16.6 Å². The highest BCUT2D eigenvalue weighted by Gasteiger charge is 2.22. The molecule has 0 saturated carbocycles. The van der Waals surface area contributed by atoms with Crippen LogP contribution in [0.3, 0.4) is 0 Å². The van der Waals surface area contributed by atoms with Gasteiger partial charge in [-0.2, -0.15) is 5.10 Å². The van der Waals surface area contributed by atoms with Crippen molar-refractivity contribution in [3.05, 3.63) is 103 Å². The standard InChI is InChI=1S/C26H26FN3O/c1-4-18(2)29-19(3)26(20-8-6-5-7-9-20)31-24-14-15-25-21(16-24)17-28-30(25)23-12-10-22(27)11-13-23/h5-17,19,26,29H,2,4H2,1,3H3/t19-,26-/m0/s1. The Morgan fingerprint density at radius 1 is 1.10 bits per heavy atom. The van der Waals surface area contributed by atoms with Crippen molar-refractivity contribution in [1.29, 1.82) is 0 Å². The Labute approximate surface area is 182 Å². The summed E-state index contributed by atoms with van der Waals surface area (Å²) >= 11 is 0. The number of benzene rings is 3. The van der Waals surface area contributed by atoms with Gasteiger partial charge in [0.25, 0.3) is 0 Å². The third-order valence-electron chi connectivity index (χ3n) is 5.31. The first-order valence-corrected chi connectivity index (χ1v) is 10.4. The minimum atomic E-state index is -0.267. The van der Waals surface area contributed by atoms with E-state index in [1.807, 2.05) is 36.4 Å². The maximum Gasteiger partial charge on any atom is 0.143 e. The molecule has 0 fully saturated rings. The van der Waals surface area contributed by atoms with Gasteiger partial charge in [0, 0.05) is 11.1 Å². The third kappa shape index (κ3) is 4.61. The summed E-state index contributed by atoms with van der Waals surface area (Å²) in [7, 11) is 0. The van der Waals surface area contributed by atoms with Crippen molar-refractivity contribution < 1.29 is 9.13 Å². The van der Waals surface area contributed by atoms with Crippen molar-refractivity contribution in [2.45, 2.75) is 32.4 Å². The predicted molar refractivity (Wildman–Crippen MR) is 123 cm³/mol. The molecule has 0 aliphatic carbocycles. The molecule has 1 N–H and O–H groups in total. The average Bonchev–Trinajstić information content (AvgIpc) is 3.21. The van der Waals surface area contributed by atoms with Crippen molar-refractivity contribution in [2.75, 3.05) is 0 Å². The first-order valence-electron chi connectivity index (χ1n) is 10.4. The second kappa shape index (κ2) is 9.04. The SMILES string of the molecule is C=C(CC)N[C@@H](C)[C@H](Oc1ccc2c(cnn2-c2ccc(F)cc2)c1)c1ccccc1. The summed E-state index contributed by atoms with van der Waals surface area (Å²) in [4.78, 5) is 0. The molecule has 0 aliphatic heterocycles. The second-order valence-electron chi connectivity index (χ2n) is 7.59. The summed E-state index contributed by atoms with van der Waals surface area (Å²) in [5.41, 5.74) is 3.81. The van der Waals surface area contributed by atoms with E-state index in [2.05, 4.69) is 43.0 Å². The van der Waals surface area contributed by atoms with Gasteiger partial charge in [0.05, 0.1) is 23.4 Å². The van der Waals surface area contributed by atoms with E-state index in [0.717, 1.165) is 40.0 Å². The Hall–Kier alpha value is -3.60. The van der Waals surface area contributed by atoms with Gasteiger partial charge in [-0.1, -0.05) is 43.8 Å². The molecular formula is C26H26FN3O. The quantitative estimate of drug-likeness (QED) is 0.373. The van der Waals surface area contributed by atoms with Gasteiger partial charge in [-0.25, -0.2) is 9.07 Å². The summed E-state index contributed by atoms with van der Waals surface area (Å²) in [5, 5.41) is 8.87. The lowest BCUT2D eigenvalue weighted by Gasteiger charge is -2.28. The van der Waals surface area contributed by atoms with Crippen LogP contribution in [0.2, 0.25) is 0 Å². The topological polar surface area (TPSA) is 39.1 Å². The Kier molecular flexibility index (Phi) is 6.03. The Balaban J connectivity index is 1.63. The zero-order chi connectivity index (χ0) is 21.8. The number of fused-ring (bicyclic) bond motifs is 1. The number of ether oxygens (including phenoxy) is 1. The minimum Gasteiger partial charge on any atom is -0.484 e. The number of halogens is 1. The zero-order valence-corrected chi connectivity index (χ0v) is 17.8. The van der Waals surface area contributed by atoms with Crippen molar-refractivity contribution >= 4 is 10.9 Å². The number of nitrogens with zero attached hydrogens (tertiary/aromatic N) is 2. The Morgan fingerprint density at radius 2 is 1.84 bits per heavy atom. The number of allylic oxidation sites excluding steroid dienone is 1. The summed E-state index contributed by atoms with van der Waals surface area (Å²) in [6.07, 6.45) is 2.47. The highest BCUT2D eigenvalue weighted by molar-refractivity contribution is 5.81. The molecule has 4 nitrogen and oxygen atoms in total. The summed E-state index contributed by atoms with van der Waals surface area (Å²) in [5.74, 6) is 0.493. The summed E-state index contributed by atoms with van der Waals surface area (Å²) in [6.45, 7) is 8.25. The van der Waals surface area contributed by atoms with Crippen LogP contribution in [0.1, 0.15) is 31.9 Å². The number of nitrogens with one attached hydrogen (secondary N) is 1. The van der Waals surface area contributed by atoms with E-state index in [-0.39, 0.29) is 18.0 Å². The fourth-order valence-electron chi connectivity index (χ4n) is 3.62. The van der Waals surface area contributed by atoms with E-state index < -0.39 is 0 Å². The van der Waals surface area contributed by atoms with Crippen LogP contribution in [0.5, 0.6) is 5.75 Å². The molecular weight excluding hydrogens is 389 g/mol. The molecule has 0 aliphatic rings. The van der Waals surface area contributed by atoms with E-state index in [9.17, 15) is 4.39 Å². The van der Waals surface area contributed by atoms with Crippen molar-refractivity contribution in [1.82, 2.24) is 15.1 Å². The molecule has 31 heavy (non-hydrogen) atoms. The molecule has 4 rings (SSSR count). The number of hydrogen-bond donors (Lipinski definition) is 1. The molecule has 3 aromatic carbocycles. The largest absolute Gasteiger partial charge is 0.484 e. The first kappa shape index (κ1) is 20.7. The predicted octanol–water partition coefficient (Wildman–Crippen LogP) is 6.19. The summed E-state index contributed by atoms with van der Waals surface area (Å²) < 4.78 is 21.5. The van der Waals surface area contributed by atoms with E-state index in [1.165, 1.54) is 12.1 Å². The van der Waals surface area contributed by atoms with E-state index >= 15 is 0 Å². The fourth-order valence-corrected chi connectivity index (χ4v) is 3.62. The lowest BCUT2D eigenvalue weighted by molar-refractivity contribution is 0.167. The molecule has 0 spiro atoms. The van der Waals surface area contributed by atoms with Gasteiger partial charge in [0.1, 0.15) is 17.7 Å². The summed E-state index contributed by atoms with van der Waals surface area (Å²) in [6, 6.07) is 22.4. The van der Waals surface area contributed by atoms with Crippen LogP contribution in [0, 0.1) is 5.82 Å². The monoisotopic (exact) mass is 415 g/mol. The maximum atomic E-state index is 13.3. The van der Waals surface area contributed by atoms with E-state index in [0.29, 0.717) is 0 Å². The molecule has 1 heterocycles. The molecule has 5 heteroatoms. The lowest BCUT2D eigenvalue weighted by Crippen LogP contribution is -2.34. The van der Waals surface area contributed by atoms with Crippen molar-refractivity contribution in [3.8, 4) is 11.4 Å². The number of rotatable bonds is 8. The molecule has 0 amide bonds. The van der Waals surface area contributed by atoms with Gasteiger partial charge >= 0.3 is 0 Å². The number of hydrogen-bond acceptors (Lipinski definition) is 3. The molecule has 1 aromatic heterocycles. The van der Waals surface area contributed by atoms with Gasteiger partial charge < -0.3 is 10.1 Å². The van der Waals surface area contributed by atoms with Crippen LogP contribution >= 0.6 is 0 Å². The van der Waals surface area contributed by atoms with Crippen LogP contribution in [0.4, 0.5) is 4.39 Å². The first-order chi connectivity index (χ1) is 15.0. The molecule has 0 bridgehead atoms.